The molecule has 3 aromatic rings. The van der Waals surface area contributed by atoms with E-state index in [0.717, 1.165) is 16.7 Å². The number of esters is 1. The number of carbonyl (C=O) groups excluding carboxylic acids is 2. The maximum atomic E-state index is 13.0. The molecule has 0 fully saturated rings. The van der Waals surface area contributed by atoms with Crippen LogP contribution < -0.4 is 0 Å². The Morgan fingerprint density at radius 3 is 2.12 bits per heavy atom. The molecule has 0 unspecified atom stereocenters. The van der Waals surface area contributed by atoms with Gasteiger partial charge in [0.1, 0.15) is 5.69 Å². The smallest absolute Gasteiger partial charge is 0.357 e. The molecule has 0 atom stereocenters. The monoisotopic (exact) mass is 348 g/mol. The van der Waals surface area contributed by atoms with E-state index < -0.39 is 5.97 Å². The van der Waals surface area contributed by atoms with Crippen molar-refractivity contribution >= 4 is 11.8 Å². The SMILES string of the molecule is CCOC(=O)c1[nH]nc(C(=O)c2ccc(C)cc2)c1-c1ccc(C)cc1. The number of nitrogens with one attached hydrogen (secondary N) is 1. The number of nitrogens with zero attached hydrogens (tertiary/aromatic N) is 1. The van der Waals surface area contributed by atoms with Crippen molar-refractivity contribution in [2.24, 2.45) is 0 Å². The van der Waals surface area contributed by atoms with E-state index >= 15 is 0 Å². The minimum Gasteiger partial charge on any atom is -0.461 e. The molecular weight excluding hydrogens is 328 g/mol. The number of hydrogen-bond donors (Lipinski definition) is 1. The first kappa shape index (κ1) is 17.6. The van der Waals surface area contributed by atoms with Crippen LogP contribution in [-0.4, -0.2) is 28.6 Å². The first-order chi connectivity index (χ1) is 12.5. The number of ether oxygens (including phenoxy) is 1. The van der Waals surface area contributed by atoms with E-state index in [2.05, 4.69) is 10.2 Å². The van der Waals surface area contributed by atoms with Crippen molar-refractivity contribution in [2.75, 3.05) is 6.61 Å². The summed E-state index contributed by atoms with van der Waals surface area (Å²) < 4.78 is 5.11. The summed E-state index contributed by atoms with van der Waals surface area (Å²) in [5.74, 6) is -0.772. The summed E-state index contributed by atoms with van der Waals surface area (Å²) in [4.78, 5) is 25.3. The fourth-order valence-corrected chi connectivity index (χ4v) is 2.70. The molecule has 1 heterocycles. The normalized spacial score (nSPS) is 10.6. The third-order valence-corrected chi connectivity index (χ3v) is 4.11. The van der Waals surface area contributed by atoms with E-state index in [1.165, 1.54) is 0 Å². The lowest BCUT2D eigenvalue weighted by molar-refractivity contribution is 0.0520. The summed E-state index contributed by atoms with van der Waals surface area (Å²) in [6.45, 7) is 5.91. The van der Waals surface area contributed by atoms with Crippen molar-refractivity contribution in [3.63, 3.8) is 0 Å². The van der Waals surface area contributed by atoms with Crippen molar-refractivity contribution in [1.82, 2.24) is 10.2 Å². The first-order valence-electron chi connectivity index (χ1n) is 8.45. The number of H-pyrrole nitrogens is 1. The Labute approximate surface area is 152 Å². The molecule has 0 bridgehead atoms. The van der Waals surface area contributed by atoms with E-state index in [9.17, 15) is 9.59 Å². The molecule has 2 aromatic carbocycles. The average molecular weight is 348 g/mol. The van der Waals surface area contributed by atoms with E-state index in [4.69, 9.17) is 4.74 Å². The highest BCUT2D eigenvalue weighted by atomic mass is 16.5. The Morgan fingerprint density at radius 2 is 1.54 bits per heavy atom. The zero-order valence-electron chi connectivity index (χ0n) is 15.0. The van der Waals surface area contributed by atoms with E-state index in [1.54, 1.807) is 19.1 Å². The molecule has 1 N–H and O–H groups in total. The first-order valence-corrected chi connectivity index (χ1v) is 8.45. The van der Waals surface area contributed by atoms with Gasteiger partial charge in [-0.2, -0.15) is 5.10 Å². The van der Waals surface area contributed by atoms with Gasteiger partial charge in [0, 0.05) is 11.1 Å². The summed E-state index contributed by atoms with van der Waals surface area (Å²) >= 11 is 0. The fourth-order valence-electron chi connectivity index (χ4n) is 2.70. The molecule has 0 saturated heterocycles. The number of aromatic amines is 1. The largest absolute Gasteiger partial charge is 0.461 e. The predicted octanol–water partition coefficient (Wildman–Crippen LogP) is 4.10. The molecule has 26 heavy (non-hydrogen) atoms. The second-order valence-corrected chi connectivity index (χ2v) is 6.10. The van der Waals surface area contributed by atoms with Crippen molar-refractivity contribution < 1.29 is 14.3 Å². The molecule has 1 aromatic heterocycles. The Hall–Kier alpha value is -3.21. The third kappa shape index (κ3) is 3.42. The topological polar surface area (TPSA) is 72.1 Å². The van der Waals surface area contributed by atoms with Gasteiger partial charge in [-0.05, 0) is 26.3 Å². The van der Waals surface area contributed by atoms with Crippen LogP contribution in [0.4, 0.5) is 0 Å². The van der Waals surface area contributed by atoms with Crippen LogP contribution in [0.3, 0.4) is 0 Å². The zero-order chi connectivity index (χ0) is 18.7. The predicted molar refractivity (Wildman–Crippen MR) is 99.3 cm³/mol. The van der Waals surface area contributed by atoms with Crippen molar-refractivity contribution in [3.8, 4) is 11.1 Å². The number of carbonyl (C=O) groups is 2. The van der Waals surface area contributed by atoms with Crippen molar-refractivity contribution in [1.29, 1.82) is 0 Å². The number of aryl methyl sites for hydroxylation is 2. The number of ketones is 1. The summed E-state index contributed by atoms with van der Waals surface area (Å²) in [7, 11) is 0. The van der Waals surface area contributed by atoms with Gasteiger partial charge in [-0.1, -0.05) is 59.7 Å². The number of hydrogen-bond acceptors (Lipinski definition) is 4. The summed E-state index contributed by atoms with van der Waals surface area (Å²) in [6, 6.07) is 14.9. The van der Waals surface area contributed by atoms with Crippen LogP contribution in [0.2, 0.25) is 0 Å². The van der Waals surface area contributed by atoms with Gasteiger partial charge < -0.3 is 4.74 Å². The molecule has 132 valence electrons. The second kappa shape index (κ2) is 7.35. The number of rotatable bonds is 5. The van der Waals surface area contributed by atoms with Gasteiger partial charge in [0.15, 0.2) is 5.69 Å². The van der Waals surface area contributed by atoms with E-state index in [0.29, 0.717) is 11.1 Å². The number of benzene rings is 2. The molecule has 0 saturated carbocycles. The van der Waals surface area contributed by atoms with Gasteiger partial charge in [0.05, 0.1) is 6.61 Å². The zero-order valence-corrected chi connectivity index (χ0v) is 15.0. The van der Waals surface area contributed by atoms with Crippen molar-refractivity contribution in [2.45, 2.75) is 20.8 Å². The van der Waals surface area contributed by atoms with Crippen LogP contribution >= 0.6 is 0 Å². The van der Waals surface area contributed by atoms with Gasteiger partial charge >= 0.3 is 5.97 Å². The molecule has 0 aliphatic rings. The van der Waals surface area contributed by atoms with Crippen LogP contribution in [0.1, 0.15) is 44.6 Å². The van der Waals surface area contributed by atoms with Gasteiger partial charge in [-0.15, -0.1) is 0 Å². The standard InChI is InChI=1S/C21H20N2O3/c1-4-26-21(25)19-17(15-9-5-13(2)6-10-15)18(22-23-19)20(24)16-11-7-14(3)8-12-16/h5-12H,4H2,1-3H3,(H,22,23). The minimum absolute atomic E-state index is 0.186. The van der Waals surface area contributed by atoms with Crippen LogP contribution in [0, 0.1) is 13.8 Å². The van der Waals surface area contributed by atoms with Crippen LogP contribution in [0.5, 0.6) is 0 Å². The summed E-state index contributed by atoms with van der Waals surface area (Å²) in [5.41, 5.74) is 4.27. The van der Waals surface area contributed by atoms with Crippen LogP contribution in [0.25, 0.3) is 11.1 Å². The van der Waals surface area contributed by atoms with E-state index in [1.807, 2.05) is 50.2 Å². The molecule has 0 aliphatic carbocycles. The highest BCUT2D eigenvalue weighted by molar-refractivity contribution is 6.14. The Kier molecular flexibility index (Phi) is 4.98. The molecule has 0 aliphatic heterocycles. The van der Waals surface area contributed by atoms with Gasteiger partial charge in [-0.25, -0.2) is 4.79 Å². The highest BCUT2D eigenvalue weighted by Gasteiger charge is 2.26. The van der Waals surface area contributed by atoms with Crippen LogP contribution in [0.15, 0.2) is 48.5 Å². The molecule has 0 spiro atoms. The minimum atomic E-state index is -0.529. The molecule has 3 rings (SSSR count). The maximum absolute atomic E-state index is 13.0. The quantitative estimate of drug-likeness (QED) is 0.556. The third-order valence-electron chi connectivity index (χ3n) is 4.11. The molecule has 0 radical (unpaired) electrons. The Balaban J connectivity index is 2.13. The van der Waals surface area contributed by atoms with Gasteiger partial charge in [0.25, 0.3) is 0 Å². The van der Waals surface area contributed by atoms with Crippen molar-refractivity contribution in [3.05, 3.63) is 76.6 Å². The summed E-state index contributed by atoms with van der Waals surface area (Å²) in [6.07, 6.45) is 0. The lowest BCUT2D eigenvalue weighted by Crippen LogP contribution is -2.08. The Bertz CT molecular complexity index is 938. The van der Waals surface area contributed by atoms with Gasteiger partial charge in [-0.3, -0.25) is 9.89 Å². The number of aromatic nitrogens is 2. The summed E-state index contributed by atoms with van der Waals surface area (Å²) in [5, 5.41) is 6.83. The molecule has 5 nitrogen and oxygen atoms in total. The average Bonchev–Trinajstić information content (AvgIpc) is 3.08. The lowest BCUT2D eigenvalue weighted by atomic mass is 9.97. The van der Waals surface area contributed by atoms with Gasteiger partial charge in [0.2, 0.25) is 5.78 Å². The fraction of sp³-hybridized carbons (Fsp3) is 0.190. The maximum Gasteiger partial charge on any atom is 0.357 e. The molecule has 0 amide bonds. The lowest BCUT2D eigenvalue weighted by Gasteiger charge is -2.07. The highest BCUT2D eigenvalue weighted by Crippen LogP contribution is 2.29. The Morgan fingerprint density at radius 1 is 0.962 bits per heavy atom. The van der Waals surface area contributed by atoms with E-state index in [-0.39, 0.29) is 23.8 Å². The molecule has 5 heteroatoms. The second-order valence-electron chi connectivity index (χ2n) is 6.10. The van der Waals surface area contributed by atoms with Crippen LogP contribution in [-0.2, 0) is 4.74 Å². The molecular formula is C21H20N2O3.